The maximum Gasteiger partial charge on any atom is 0.228 e. The highest BCUT2D eigenvalue weighted by molar-refractivity contribution is 7.13. The van der Waals surface area contributed by atoms with Crippen molar-refractivity contribution in [2.75, 3.05) is 25.0 Å². The van der Waals surface area contributed by atoms with Crippen LogP contribution in [0.4, 0.5) is 10.1 Å². The lowest BCUT2D eigenvalue weighted by Gasteiger charge is -2.37. The average molecular weight is 424 g/mol. The van der Waals surface area contributed by atoms with E-state index in [-0.39, 0.29) is 17.8 Å². The van der Waals surface area contributed by atoms with E-state index in [9.17, 15) is 9.18 Å². The molecule has 2 aromatic carbocycles. The molecule has 156 valence electrons. The Labute approximate surface area is 181 Å². The summed E-state index contributed by atoms with van der Waals surface area (Å²) in [5.41, 5.74) is 4.18. The standard InChI is InChI=1S/C24H26FN3OS/c1-17-3-5-18(6-4-17)24-26-20(16-30-24)15-23(29)27(2)21-11-13-28(14-12-21)22-9-7-19(25)8-10-22/h3-10,16,21H,11-15H2,1-2H3. The number of likely N-dealkylation sites (N-methyl/N-ethyl adjacent to an activating group) is 1. The van der Waals surface area contributed by atoms with Crippen LogP contribution in [0.3, 0.4) is 0 Å². The molecule has 4 rings (SSSR count). The molecular formula is C24H26FN3OS. The number of aryl methyl sites for hydroxylation is 1. The number of hydrogen-bond acceptors (Lipinski definition) is 4. The van der Waals surface area contributed by atoms with E-state index in [1.807, 2.05) is 29.5 Å². The first-order valence-electron chi connectivity index (χ1n) is 10.3. The van der Waals surface area contributed by atoms with E-state index in [1.165, 1.54) is 17.7 Å². The summed E-state index contributed by atoms with van der Waals surface area (Å²) >= 11 is 1.58. The number of nitrogens with zero attached hydrogens (tertiary/aromatic N) is 3. The number of hydrogen-bond donors (Lipinski definition) is 0. The molecule has 0 radical (unpaired) electrons. The number of aromatic nitrogens is 1. The van der Waals surface area contributed by atoms with Gasteiger partial charge in [0.15, 0.2) is 0 Å². The van der Waals surface area contributed by atoms with Crippen molar-refractivity contribution >= 4 is 22.9 Å². The summed E-state index contributed by atoms with van der Waals surface area (Å²) in [5, 5.41) is 2.94. The van der Waals surface area contributed by atoms with Crippen molar-refractivity contribution in [1.29, 1.82) is 0 Å². The van der Waals surface area contributed by atoms with Crippen molar-refractivity contribution in [1.82, 2.24) is 9.88 Å². The Kier molecular flexibility index (Phi) is 6.13. The van der Waals surface area contributed by atoms with Gasteiger partial charge in [-0.05, 0) is 44.0 Å². The largest absolute Gasteiger partial charge is 0.371 e. The van der Waals surface area contributed by atoms with Crippen LogP contribution in [0.2, 0.25) is 0 Å². The molecule has 0 aliphatic carbocycles. The molecular weight excluding hydrogens is 397 g/mol. The van der Waals surface area contributed by atoms with E-state index >= 15 is 0 Å². The van der Waals surface area contributed by atoms with Gasteiger partial charge >= 0.3 is 0 Å². The van der Waals surface area contributed by atoms with Crippen LogP contribution in [0, 0.1) is 12.7 Å². The summed E-state index contributed by atoms with van der Waals surface area (Å²) < 4.78 is 13.1. The first-order chi connectivity index (χ1) is 14.5. The molecule has 0 spiro atoms. The maximum absolute atomic E-state index is 13.1. The number of benzene rings is 2. The monoisotopic (exact) mass is 423 g/mol. The first-order valence-corrected chi connectivity index (χ1v) is 11.1. The average Bonchev–Trinajstić information content (AvgIpc) is 3.23. The normalized spacial score (nSPS) is 14.7. The Bertz CT molecular complexity index is 992. The van der Waals surface area contributed by atoms with E-state index in [0.717, 1.165) is 47.9 Å². The Morgan fingerprint density at radius 1 is 1.13 bits per heavy atom. The number of halogens is 1. The predicted octanol–water partition coefficient (Wildman–Crippen LogP) is 4.93. The number of thiazole rings is 1. The molecule has 0 unspecified atom stereocenters. The SMILES string of the molecule is Cc1ccc(-c2nc(CC(=O)N(C)C3CCN(c4ccc(F)cc4)CC3)cs2)cc1. The fourth-order valence-corrected chi connectivity index (χ4v) is 4.69. The molecule has 1 aliphatic heterocycles. The number of amides is 1. The lowest BCUT2D eigenvalue weighted by atomic mass is 10.0. The summed E-state index contributed by atoms with van der Waals surface area (Å²) in [4.78, 5) is 21.6. The minimum atomic E-state index is -0.216. The van der Waals surface area contributed by atoms with E-state index in [1.54, 1.807) is 11.3 Å². The molecule has 0 atom stereocenters. The van der Waals surface area contributed by atoms with Gasteiger partial charge in [0.1, 0.15) is 10.8 Å². The third-order valence-corrected chi connectivity index (χ3v) is 6.72. The molecule has 1 aliphatic rings. The minimum absolute atomic E-state index is 0.107. The number of anilines is 1. The van der Waals surface area contributed by atoms with Crippen molar-refractivity contribution in [3.05, 3.63) is 71.0 Å². The van der Waals surface area contributed by atoms with Gasteiger partial charge < -0.3 is 9.80 Å². The van der Waals surface area contributed by atoms with Crippen LogP contribution in [0.1, 0.15) is 24.1 Å². The highest BCUT2D eigenvalue weighted by atomic mass is 32.1. The molecule has 0 N–H and O–H groups in total. The van der Waals surface area contributed by atoms with E-state index in [4.69, 9.17) is 0 Å². The Morgan fingerprint density at radius 3 is 2.47 bits per heavy atom. The number of rotatable bonds is 5. The highest BCUT2D eigenvalue weighted by Gasteiger charge is 2.26. The molecule has 2 heterocycles. The Hall–Kier alpha value is -2.73. The number of carbonyl (C=O) groups is 1. The second-order valence-electron chi connectivity index (χ2n) is 7.89. The van der Waals surface area contributed by atoms with E-state index in [2.05, 4.69) is 41.1 Å². The van der Waals surface area contributed by atoms with Gasteiger partial charge in [0.05, 0.1) is 12.1 Å². The molecule has 3 aromatic rings. The fourth-order valence-electron chi connectivity index (χ4n) is 3.86. The zero-order valence-corrected chi connectivity index (χ0v) is 18.2. The molecule has 1 aromatic heterocycles. The lowest BCUT2D eigenvalue weighted by Crippen LogP contribution is -2.46. The summed E-state index contributed by atoms with van der Waals surface area (Å²) in [6.07, 6.45) is 2.15. The summed E-state index contributed by atoms with van der Waals surface area (Å²) in [6, 6.07) is 15.1. The second kappa shape index (κ2) is 8.96. The van der Waals surface area contributed by atoms with Crippen molar-refractivity contribution in [2.45, 2.75) is 32.2 Å². The fraction of sp³-hybridized carbons (Fsp3) is 0.333. The second-order valence-corrected chi connectivity index (χ2v) is 8.74. The molecule has 1 saturated heterocycles. The predicted molar refractivity (Wildman–Crippen MR) is 120 cm³/mol. The van der Waals surface area contributed by atoms with Gasteiger partial charge in [-0.25, -0.2) is 9.37 Å². The topological polar surface area (TPSA) is 36.4 Å². The zero-order chi connectivity index (χ0) is 21.1. The van der Waals surface area contributed by atoms with Gasteiger partial charge in [-0.2, -0.15) is 0 Å². The van der Waals surface area contributed by atoms with Crippen molar-refractivity contribution in [3.8, 4) is 10.6 Å². The van der Waals surface area contributed by atoms with E-state index < -0.39 is 0 Å². The van der Waals surface area contributed by atoms with Crippen molar-refractivity contribution in [2.24, 2.45) is 0 Å². The summed E-state index contributed by atoms with van der Waals surface area (Å²) in [5.74, 6) is -0.109. The van der Waals surface area contributed by atoms with Gasteiger partial charge in [0.2, 0.25) is 5.91 Å². The van der Waals surface area contributed by atoms with Crippen molar-refractivity contribution < 1.29 is 9.18 Å². The molecule has 6 heteroatoms. The maximum atomic E-state index is 13.1. The molecule has 1 fully saturated rings. The zero-order valence-electron chi connectivity index (χ0n) is 17.3. The smallest absolute Gasteiger partial charge is 0.228 e. The summed E-state index contributed by atoms with van der Waals surface area (Å²) in [7, 11) is 1.90. The molecule has 4 nitrogen and oxygen atoms in total. The van der Waals surface area contributed by atoms with Gasteiger partial charge in [0, 0.05) is 42.8 Å². The minimum Gasteiger partial charge on any atom is -0.371 e. The lowest BCUT2D eigenvalue weighted by molar-refractivity contribution is -0.131. The Balaban J connectivity index is 1.32. The Morgan fingerprint density at radius 2 is 1.80 bits per heavy atom. The van der Waals surface area contributed by atoms with Crippen LogP contribution >= 0.6 is 11.3 Å². The molecule has 0 bridgehead atoms. The summed E-state index contributed by atoms with van der Waals surface area (Å²) in [6.45, 7) is 3.79. The van der Waals surface area contributed by atoms with Crippen LogP contribution in [-0.2, 0) is 11.2 Å². The van der Waals surface area contributed by atoms with Crippen molar-refractivity contribution in [3.63, 3.8) is 0 Å². The number of carbonyl (C=O) groups excluding carboxylic acids is 1. The van der Waals surface area contributed by atoms with Gasteiger partial charge in [-0.3, -0.25) is 4.79 Å². The third kappa shape index (κ3) is 4.70. The van der Waals surface area contributed by atoms with E-state index in [0.29, 0.717) is 6.42 Å². The van der Waals surface area contributed by atoms with Gasteiger partial charge in [-0.1, -0.05) is 29.8 Å². The van der Waals surface area contributed by atoms with Crippen LogP contribution in [-0.4, -0.2) is 42.0 Å². The highest BCUT2D eigenvalue weighted by Crippen LogP contribution is 2.26. The quantitative estimate of drug-likeness (QED) is 0.584. The van der Waals surface area contributed by atoms with Crippen LogP contribution in [0.15, 0.2) is 53.9 Å². The molecule has 0 saturated carbocycles. The van der Waals surface area contributed by atoms with Gasteiger partial charge in [0.25, 0.3) is 0 Å². The molecule has 30 heavy (non-hydrogen) atoms. The van der Waals surface area contributed by atoms with Gasteiger partial charge in [-0.15, -0.1) is 11.3 Å². The third-order valence-electron chi connectivity index (χ3n) is 5.78. The number of piperidine rings is 1. The van der Waals surface area contributed by atoms with Crippen LogP contribution in [0.25, 0.3) is 10.6 Å². The first kappa shape index (κ1) is 20.5. The van der Waals surface area contributed by atoms with Crippen LogP contribution in [0.5, 0.6) is 0 Å². The van der Waals surface area contributed by atoms with Crippen LogP contribution < -0.4 is 4.90 Å². The molecule has 1 amide bonds.